The van der Waals surface area contributed by atoms with Gasteiger partial charge in [-0.05, 0) is 34.9 Å². The Morgan fingerprint density at radius 1 is 1.00 bits per heavy atom. The number of oxazole rings is 1. The molecule has 5 heteroatoms. The third-order valence-electron chi connectivity index (χ3n) is 3.54. The molecule has 0 atom stereocenters. The second-order valence-electron chi connectivity index (χ2n) is 4.81. The van der Waals surface area contributed by atoms with E-state index in [1.165, 1.54) is 0 Å². The van der Waals surface area contributed by atoms with Crippen LogP contribution in [0.1, 0.15) is 11.1 Å². The summed E-state index contributed by atoms with van der Waals surface area (Å²) in [6, 6.07) is 12.2. The number of nitrogen functional groups attached to an aromatic ring is 1. The fraction of sp³-hybridized carbons (Fsp3) is 0.0667. The van der Waals surface area contributed by atoms with E-state index in [-0.39, 0.29) is 6.01 Å². The Balaban J connectivity index is 1.86. The smallest absolute Gasteiger partial charge is 0.292 e. The molecule has 1 aliphatic rings. The molecule has 20 heavy (non-hydrogen) atoms. The van der Waals surface area contributed by atoms with Gasteiger partial charge in [-0.2, -0.15) is 4.98 Å². The molecule has 3 aromatic rings. The quantitative estimate of drug-likeness (QED) is 0.705. The number of nitrogens with two attached hydrogens (primary N) is 2. The molecule has 2 heterocycles. The van der Waals surface area contributed by atoms with Crippen LogP contribution < -0.4 is 11.5 Å². The van der Waals surface area contributed by atoms with Crippen LogP contribution in [0.25, 0.3) is 22.2 Å². The second-order valence-corrected chi connectivity index (χ2v) is 4.81. The lowest BCUT2D eigenvalue weighted by atomic mass is 9.99. The van der Waals surface area contributed by atoms with E-state index in [2.05, 4.69) is 28.2 Å². The van der Waals surface area contributed by atoms with Gasteiger partial charge in [0, 0.05) is 5.56 Å². The Morgan fingerprint density at radius 2 is 1.80 bits per heavy atom. The van der Waals surface area contributed by atoms with Gasteiger partial charge in [-0.1, -0.05) is 18.2 Å². The van der Waals surface area contributed by atoms with E-state index in [0.29, 0.717) is 18.0 Å². The van der Waals surface area contributed by atoms with E-state index in [4.69, 9.17) is 15.9 Å². The number of anilines is 1. The normalized spacial score (nSPS) is 13.5. The third kappa shape index (κ3) is 1.56. The molecule has 0 amide bonds. The van der Waals surface area contributed by atoms with Gasteiger partial charge in [0.2, 0.25) is 0 Å². The van der Waals surface area contributed by atoms with Crippen molar-refractivity contribution in [2.45, 2.75) is 6.54 Å². The topological polar surface area (TPSA) is 90.4 Å². The van der Waals surface area contributed by atoms with E-state index in [1.54, 1.807) is 0 Å². The molecule has 0 aliphatic carbocycles. The summed E-state index contributed by atoms with van der Waals surface area (Å²) in [5.74, 6) is 0.605. The molecule has 1 aliphatic heterocycles. The van der Waals surface area contributed by atoms with Crippen molar-refractivity contribution < 1.29 is 4.42 Å². The summed E-state index contributed by atoms with van der Waals surface area (Å²) >= 11 is 0. The molecule has 2 aromatic carbocycles. The minimum Gasteiger partial charge on any atom is -0.424 e. The Labute approximate surface area is 114 Å². The first-order valence-corrected chi connectivity index (χ1v) is 6.30. The summed E-state index contributed by atoms with van der Waals surface area (Å²) in [5.41, 5.74) is 17.2. The number of benzene rings is 2. The molecule has 0 saturated heterocycles. The maximum Gasteiger partial charge on any atom is 0.292 e. The van der Waals surface area contributed by atoms with Gasteiger partial charge in [-0.15, -0.1) is 0 Å². The lowest BCUT2D eigenvalue weighted by Crippen LogP contribution is -2.10. The van der Waals surface area contributed by atoms with Crippen LogP contribution in [0.2, 0.25) is 0 Å². The number of nitrogens with zero attached hydrogens (tertiary/aromatic N) is 2. The number of rotatable bonds is 1. The predicted octanol–water partition coefficient (Wildman–Crippen LogP) is 2.30. The molecular weight excluding hydrogens is 252 g/mol. The van der Waals surface area contributed by atoms with Gasteiger partial charge >= 0.3 is 0 Å². The van der Waals surface area contributed by atoms with Crippen molar-refractivity contribution in [1.82, 2.24) is 4.98 Å². The predicted molar refractivity (Wildman–Crippen MR) is 78.3 cm³/mol. The first-order valence-electron chi connectivity index (χ1n) is 6.30. The lowest BCUT2D eigenvalue weighted by Gasteiger charge is -2.05. The molecule has 5 nitrogen and oxygen atoms in total. The van der Waals surface area contributed by atoms with Crippen molar-refractivity contribution in [3.05, 3.63) is 47.5 Å². The summed E-state index contributed by atoms with van der Waals surface area (Å²) in [5, 5.41) is 0. The number of hydrogen-bond donors (Lipinski definition) is 2. The highest BCUT2D eigenvalue weighted by Crippen LogP contribution is 2.28. The van der Waals surface area contributed by atoms with Crippen LogP contribution in [0, 0.1) is 0 Å². The van der Waals surface area contributed by atoms with Crippen molar-refractivity contribution >= 4 is 22.9 Å². The number of aliphatic imine (C=N–C) groups is 1. The summed E-state index contributed by atoms with van der Waals surface area (Å²) < 4.78 is 5.28. The van der Waals surface area contributed by atoms with Crippen molar-refractivity contribution in [2.75, 3.05) is 5.73 Å². The summed E-state index contributed by atoms with van der Waals surface area (Å²) in [6.45, 7) is 0.667. The monoisotopic (exact) mass is 264 g/mol. The molecule has 4 rings (SSSR count). The van der Waals surface area contributed by atoms with Gasteiger partial charge in [-0.25, -0.2) is 0 Å². The van der Waals surface area contributed by atoms with Crippen LogP contribution in [-0.2, 0) is 6.54 Å². The van der Waals surface area contributed by atoms with Crippen molar-refractivity contribution in [1.29, 1.82) is 0 Å². The molecule has 0 radical (unpaired) electrons. The van der Waals surface area contributed by atoms with Crippen molar-refractivity contribution in [3.63, 3.8) is 0 Å². The Hall–Kier alpha value is -2.82. The lowest BCUT2D eigenvalue weighted by molar-refractivity contribution is 0.626. The zero-order valence-corrected chi connectivity index (χ0v) is 10.6. The maximum atomic E-state index is 5.89. The zero-order chi connectivity index (χ0) is 13.7. The number of hydrogen-bond acceptors (Lipinski definition) is 5. The number of amidine groups is 1. The fourth-order valence-electron chi connectivity index (χ4n) is 2.51. The molecule has 0 unspecified atom stereocenters. The van der Waals surface area contributed by atoms with Gasteiger partial charge < -0.3 is 15.9 Å². The molecule has 98 valence electrons. The zero-order valence-electron chi connectivity index (χ0n) is 10.6. The van der Waals surface area contributed by atoms with E-state index in [9.17, 15) is 0 Å². The molecule has 0 spiro atoms. The van der Waals surface area contributed by atoms with E-state index >= 15 is 0 Å². The van der Waals surface area contributed by atoms with Crippen LogP contribution in [0.5, 0.6) is 0 Å². The average molecular weight is 264 g/mol. The minimum absolute atomic E-state index is 0.183. The van der Waals surface area contributed by atoms with Gasteiger partial charge in [-0.3, -0.25) is 4.99 Å². The van der Waals surface area contributed by atoms with E-state index < -0.39 is 0 Å². The highest BCUT2D eigenvalue weighted by molar-refractivity contribution is 6.02. The van der Waals surface area contributed by atoms with Crippen LogP contribution in [0.4, 0.5) is 6.01 Å². The molecule has 1 aromatic heterocycles. The molecule has 0 saturated carbocycles. The van der Waals surface area contributed by atoms with Crippen LogP contribution in [-0.4, -0.2) is 10.8 Å². The first kappa shape index (κ1) is 11.0. The van der Waals surface area contributed by atoms with E-state index in [1.807, 2.05) is 18.2 Å². The van der Waals surface area contributed by atoms with Crippen molar-refractivity contribution in [3.8, 4) is 11.1 Å². The van der Waals surface area contributed by atoms with Crippen LogP contribution in [0.15, 0.2) is 45.8 Å². The summed E-state index contributed by atoms with van der Waals surface area (Å²) in [7, 11) is 0. The number of aromatic nitrogens is 1. The standard InChI is InChI=1S/C15H12N4O/c16-14-11-5-8(1-2-10(11)7-18-14)9-3-4-13-12(6-9)19-15(17)20-13/h1-6H,7H2,(H2,16,18)(H2,17,19). The Morgan fingerprint density at radius 3 is 2.70 bits per heavy atom. The van der Waals surface area contributed by atoms with Gasteiger partial charge in [0.25, 0.3) is 6.01 Å². The highest BCUT2D eigenvalue weighted by atomic mass is 16.4. The third-order valence-corrected chi connectivity index (χ3v) is 3.54. The maximum absolute atomic E-state index is 5.89. The van der Waals surface area contributed by atoms with Gasteiger partial charge in [0.1, 0.15) is 11.4 Å². The largest absolute Gasteiger partial charge is 0.424 e. The molecular formula is C15H12N4O. The van der Waals surface area contributed by atoms with Crippen LogP contribution in [0.3, 0.4) is 0 Å². The summed E-state index contributed by atoms with van der Waals surface area (Å²) in [4.78, 5) is 8.39. The van der Waals surface area contributed by atoms with Gasteiger partial charge in [0.15, 0.2) is 5.58 Å². The van der Waals surface area contributed by atoms with Crippen molar-refractivity contribution in [2.24, 2.45) is 10.7 Å². The average Bonchev–Trinajstić information content (AvgIpc) is 3.00. The molecule has 0 bridgehead atoms. The first-order chi connectivity index (χ1) is 9.70. The molecule has 4 N–H and O–H groups in total. The number of fused-ring (bicyclic) bond motifs is 2. The minimum atomic E-state index is 0.183. The van der Waals surface area contributed by atoms with E-state index in [0.717, 1.165) is 27.8 Å². The van der Waals surface area contributed by atoms with Crippen LogP contribution >= 0.6 is 0 Å². The summed E-state index contributed by atoms with van der Waals surface area (Å²) in [6.07, 6.45) is 0. The molecule has 0 fully saturated rings. The second kappa shape index (κ2) is 3.84. The SMILES string of the molecule is NC1=NCc2ccc(-c3ccc4oc(N)nc4c3)cc21. The van der Waals surface area contributed by atoms with Gasteiger partial charge in [0.05, 0.1) is 6.54 Å². The highest BCUT2D eigenvalue weighted by Gasteiger charge is 2.14. The Kier molecular flexibility index (Phi) is 2.12. The fourth-order valence-corrected chi connectivity index (χ4v) is 2.51. The Bertz CT molecular complexity index is 863.